The van der Waals surface area contributed by atoms with E-state index in [4.69, 9.17) is 0 Å². The van der Waals surface area contributed by atoms with Gasteiger partial charge in [0.1, 0.15) is 5.82 Å². The molecule has 2 aromatic rings. The van der Waals surface area contributed by atoms with Gasteiger partial charge in [-0.15, -0.1) is 10.2 Å². The molecule has 1 fully saturated rings. The first-order valence-corrected chi connectivity index (χ1v) is 9.25. The normalized spacial score (nSPS) is 16.2. The van der Waals surface area contributed by atoms with Crippen LogP contribution in [0.5, 0.6) is 0 Å². The maximum Gasteiger partial charge on any atom is 0.191 e. The molecule has 0 aliphatic carbocycles. The SMILES string of the molecule is Cn1c(CC2CCNCC2)nnc1SC/C=C/c1ccccc1. The fourth-order valence-corrected chi connectivity index (χ4v) is 3.60. The van der Waals surface area contributed by atoms with Crippen LogP contribution in [0.3, 0.4) is 0 Å². The van der Waals surface area contributed by atoms with Crippen molar-refractivity contribution in [1.82, 2.24) is 20.1 Å². The Labute approximate surface area is 142 Å². The van der Waals surface area contributed by atoms with E-state index in [1.807, 2.05) is 6.07 Å². The lowest BCUT2D eigenvalue weighted by molar-refractivity contribution is 0.363. The highest BCUT2D eigenvalue weighted by molar-refractivity contribution is 7.99. The van der Waals surface area contributed by atoms with Crippen LogP contribution >= 0.6 is 11.8 Å². The number of thioether (sulfide) groups is 1. The Kier molecular flexibility index (Phi) is 5.88. The van der Waals surface area contributed by atoms with Gasteiger partial charge in [-0.3, -0.25) is 0 Å². The van der Waals surface area contributed by atoms with Crippen LogP contribution in [-0.4, -0.2) is 33.6 Å². The smallest absolute Gasteiger partial charge is 0.191 e. The second-order valence-electron chi connectivity index (χ2n) is 5.98. The molecule has 0 radical (unpaired) electrons. The predicted octanol–water partition coefficient (Wildman–Crippen LogP) is 3.16. The Morgan fingerprint density at radius 2 is 2.00 bits per heavy atom. The Morgan fingerprint density at radius 1 is 1.22 bits per heavy atom. The molecule has 1 N–H and O–H groups in total. The Hall–Kier alpha value is -1.59. The molecule has 0 atom stereocenters. The van der Waals surface area contributed by atoms with Gasteiger partial charge >= 0.3 is 0 Å². The summed E-state index contributed by atoms with van der Waals surface area (Å²) in [5, 5.41) is 13.2. The van der Waals surface area contributed by atoms with E-state index in [0.717, 1.165) is 42.2 Å². The lowest BCUT2D eigenvalue weighted by atomic mass is 9.94. The summed E-state index contributed by atoms with van der Waals surface area (Å²) in [7, 11) is 2.08. The highest BCUT2D eigenvalue weighted by atomic mass is 32.2. The average Bonchev–Trinajstić information content (AvgIpc) is 2.94. The molecule has 1 aliphatic heterocycles. The summed E-state index contributed by atoms with van der Waals surface area (Å²) in [5.74, 6) is 2.77. The first-order valence-electron chi connectivity index (χ1n) is 8.26. The van der Waals surface area contributed by atoms with Crippen LogP contribution < -0.4 is 5.32 Å². The molecule has 1 aliphatic rings. The number of aromatic nitrogens is 3. The van der Waals surface area contributed by atoms with Crippen molar-refractivity contribution in [3.8, 4) is 0 Å². The van der Waals surface area contributed by atoms with Gasteiger partial charge in [0.15, 0.2) is 5.16 Å². The molecular weight excluding hydrogens is 304 g/mol. The zero-order valence-electron chi connectivity index (χ0n) is 13.6. The summed E-state index contributed by atoms with van der Waals surface area (Å²) in [5.41, 5.74) is 1.23. The minimum Gasteiger partial charge on any atom is -0.317 e. The van der Waals surface area contributed by atoms with Crippen molar-refractivity contribution in [2.75, 3.05) is 18.8 Å². The monoisotopic (exact) mass is 328 g/mol. The van der Waals surface area contributed by atoms with E-state index in [1.54, 1.807) is 11.8 Å². The Bertz CT molecular complexity index is 630. The standard InChI is InChI=1S/C18H24N4S/c1-22-17(14-16-9-11-19-12-10-16)20-21-18(22)23-13-5-8-15-6-3-2-4-7-15/h2-8,16,19H,9-14H2,1H3/b8-5+. The zero-order valence-corrected chi connectivity index (χ0v) is 14.4. The maximum absolute atomic E-state index is 4.39. The third kappa shape index (κ3) is 4.69. The van der Waals surface area contributed by atoms with Gasteiger partial charge in [0.05, 0.1) is 0 Å². The lowest BCUT2D eigenvalue weighted by Crippen LogP contribution is -2.29. The highest BCUT2D eigenvalue weighted by Crippen LogP contribution is 2.21. The van der Waals surface area contributed by atoms with Crippen molar-refractivity contribution < 1.29 is 0 Å². The van der Waals surface area contributed by atoms with E-state index in [9.17, 15) is 0 Å². The molecule has 0 spiro atoms. The summed E-state index contributed by atoms with van der Waals surface area (Å²) >= 11 is 1.74. The van der Waals surface area contributed by atoms with Crippen molar-refractivity contribution in [2.45, 2.75) is 24.4 Å². The first kappa shape index (κ1) is 16.3. The van der Waals surface area contributed by atoms with Crippen LogP contribution in [0.25, 0.3) is 6.08 Å². The van der Waals surface area contributed by atoms with Gasteiger partial charge in [0.25, 0.3) is 0 Å². The molecule has 2 heterocycles. The van der Waals surface area contributed by atoms with Gasteiger partial charge in [-0.1, -0.05) is 54.2 Å². The number of benzene rings is 1. The third-order valence-electron chi connectivity index (χ3n) is 4.27. The van der Waals surface area contributed by atoms with Crippen molar-refractivity contribution in [1.29, 1.82) is 0 Å². The van der Waals surface area contributed by atoms with Gasteiger partial charge in [0, 0.05) is 19.2 Å². The van der Waals surface area contributed by atoms with Crippen LogP contribution in [0.4, 0.5) is 0 Å². The zero-order chi connectivity index (χ0) is 15.9. The lowest BCUT2D eigenvalue weighted by Gasteiger charge is -2.21. The molecule has 1 aromatic heterocycles. The fraction of sp³-hybridized carbons (Fsp3) is 0.444. The minimum atomic E-state index is 0.745. The molecule has 3 rings (SSSR count). The second kappa shape index (κ2) is 8.31. The quantitative estimate of drug-likeness (QED) is 0.827. The van der Waals surface area contributed by atoms with Crippen LogP contribution in [0.2, 0.25) is 0 Å². The van der Waals surface area contributed by atoms with E-state index in [1.165, 1.54) is 18.4 Å². The van der Waals surface area contributed by atoms with Crippen molar-refractivity contribution in [3.63, 3.8) is 0 Å². The van der Waals surface area contributed by atoms with Crippen LogP contribution in [0, 0.1) is 5.92 Å². The summed E-state index contributed by atoms with van der Waals surface area (Å²) in [6.07, 6.45) is 7.87. The first-order chi connectivity index (χ1) is 11.3. The molecule has 1 aromatic carbocycles. The Morgan fingerprint density at radius 3 is 2.78 bits per heavy atom. The van der Waals surface area contributed by atoms with E-state index in [2.05, 4.69) is 63.5 Å². The number of piperidine rings is 1. The fourth-order valence-electron chi connectivity index (χ4n) is 2.86. The molecule has 0 saturated carbocycles. The minimum absolute atomic E-state index is 0.745. The second-order valence-corrected chi connectivity index (χ2v) is 6.97. The van der Waals surface area contributed by atoms with Crippen LogP contribution in [-0.2, 0) is 13.5 Å². The number of hydrogen-bond acceptors (Lipinski definition) is 4. The molecule has 1 saturated heterocycles. The van der Waals surface area contributed by atoms with Gasteiger partial charge in [0.2, 0.25) is 0 Å². The number of nitrogens with one attached hydrogen (secondary N) is 1. The molecule has 4 nitrogen and oxygen atoms in total. The molecular formula is C18H24N4S. The van der Waals surface area contributed by atoms with E-state index in [-0.39, 0.29) is 0 Å². The summed E-state index contributed by atoms with van der Waals surface area (Å²) < 4.78 is 2.16. The molecule has 5 heteroatoms. The van der Waals surface area contributed by atoms with Crippen molar-refractivity contribution in [2.24, 2.45) is 13.0 Å². The van der Waals surface area contributed by atoms with E-state index >= 15 is 0 Å². The molecule has 0 amide bonds. The third-order valence-corrected chi connectivity index (χ3v) is 5.25. The summed E-state index contributed by atoms with van der Waals surface area (Å²) in [4.78, 5) is 0. The van der Waals surface area contributed by atoms with Gasteiger partial charge in [-0.05, 0) is 37.4 Å². The van der Waals surface area contributed by atoms with Crippen LogP contribution in [0.1, 0.15) is 24.2 Å². The van der Waals surface area contributed by atoms with Gasteiger partial charge in [-0.25, -0.2) is 0 Å². The van der Waals surface area contributed by atoms with Gasteiger partial charge < -0.3 is 9.88 Å². The number of rotatable bonds is 6. The average molecular weight is 328 g/mol. The van der Waals surface area contributed by atoms with Crippen molar-refractivity contribution >= 4 is 17.8 Å². The van der Waals surface area contributed by atoms with E-state index in [0.29, 0.717) is 0 Å². The van der Waals surface area contributed by atoms with E-state index < -0.39 is 0 Å². The number of nitrogens with zero attached hydrogens (tertiary/aromatic N) is 3. The molecule has 23 heavy (non-hydrogen) atoms. The number of hydrogen-bond donors (Lipinski definition) is 1. The van der Waals surface area contributed by atoms with Crippen LogP contribution in [0.15, 0.2) is 41.6 Å². The van der Waals surface area contributed by atoms with Crippen molar-refractivity contribution in [3.05, 3.63) is 47.8 Å². The highest BCUT2D eigenvalue weighted by Gasteiger charge is 2.17. The summed E-state index contributed by atoms with van der Waals surface area (Å²) in [6, 6.07) is 10.4. The van der Waals surface area contributed by atoms with Gasteiger partial charge in [-0.2, -0.15) is 0 Å². The summed E-state index contributed by atoms with van der Waals surface area (Å²) in [6.45, 7) is 2.27. The molecule has 0 bridgehead atoms. The maximum atomic E-state index is 4.39. The Balaban J connectivity index is 1.51. The topological polar surface area (TPSA) is 42.7 Å². The predicted molar refractivity (Wildman–Crippen MR) is 96.5 cm³/mol. The molecule has 122 valence electrons. The largest absolute Gasteiger partial charge is 0.317 e. The molecule has 0 unspecified atom stereocenters.